The van der Waals surface area contributed by atoms with Crippen LogP contribution in [0.5, 0.6) is 0 Å². The Kier molecular flexibility index (Phi) is 3.68. The lowest BCUT2D eigenvalue weighted by Crippen LogP contribution is -2.41. The average Bonchev–Trinajstić information content (AvgIpc) is 3.04. The topological polar surface area (TPSA) is 77.8 Å². The average molecular weight is 289 g/mol. The smallest absolute Gasteiger partial charge is 0.326 e. The number of aliphatic hydroxyl groups excluding tert-OH is 1. The van der Waals surface area contributed by atoms with Gasteiger partial charge in [-0.15, -0.1) is 0 Å². The zero-order valence-electron chi connectivity index (χ0n) is 11.8. The van der Waals surface area contributed by atoms with Crippen LogP contribution in [0, 0.1) is 0 Å². The molecule has 21 heavy (non-hydrogen) atoms. The van der Waals surface area contributed by atoms with Crippen LogP contribution in [0.3, 0.4) is 0 Å². The van der Waals surface area contributed by atoms with E-state index in [0.29, 0.717) is 0 Å². The molecule has 112 valence electrons. The molecule has 0 saturated carbocycles. The summed E-state index contributed by atoms with van der Waals surface area (Å²) in [5.74, 6) is -1.27. The summed E-state index contributed by atoms with van der Waals surface area (Å²) in [6.07, 6.45) is 2.89. The maximum Gasteiger partial charge on any atom is 0.326 e. The molecule has 1 aromatic rings. The summed E-state index contributed by atoms with van der Waals surface area (Å²) in [6, 6.07) is 5.17. The van der Waals surface area contributed by atoms with Crippen molar-refractivity contribution in [3.63, 3.8) is 0 Å². The number of aryl methyl sites for hydroxylation is 2. The fourth-order valence-corrected chi connectivity index (χ4v) is 3.33. The molecule has 1 heterocycles. The molecule has 2 atom stereocenters. The number of hydrogen-bond donors (Lipinski definition) is 2. The lowest BCUT2D eigenvalue weighted by atomic mass is 10.0. The first-order chi connectivity index (χ1) is 10.0. The molecular formula is C16H19NO4. The molecule has 5 nitrogen and oxygen atoms in total. The highest BCUT2D eigenvalue weighted by molar-refractivity contribution is 5.85. The van der Waals surface area contributed by atoms with Crippen molar-refractivity contribution in [2.24, 2.45) is 0 Å². The van der Waals surface area contributed by atoms with Gasteiger partial charge in [0.2, 0.25) is 5.91 Å². The van der Waals surface area contributed by atoms with Crippen molar-refractivity contribution >= 4 is 11.9 Å². The SMILES string of the molecule is O=C(O)[C@@H]1CC(O)CN1C(=O)Cc1ccc2c(c1)CCC2. The van der Waals surface area contributed by atoms with E-state index in [2.05, 4.69) is 12.1 Å². The summed E-state index contributed by atoms with van der Waals surface area (Å²) in [5.41, 5.74) is 3.58. The van der Waals surface area contributed by atoms with Crippen molar-refractivity contribution in [3.8, 4) is 0 Å². The number of hydrogen-bond acceptors (Lipinski definition) is 3. The van der Waals surface area contributed by atoms with Crippen LogP contribution in [0.1, 0.15) is 29.5 Å². The Morgan fingerprint density at radius 3 is 2.76 bits per heavy atom. The van der Waals surface area contributed by atoms with Gasteiger partial charge in [0.1, 0.15) is 6.04 Å². The first-order valence-electron chi connectivity index (χ1n) is 7.35. The van der Waals surface area contributed by atoms with E-state index in [1.54, 1.807) is 0 Å². The van der Waals surface area contributed by atoms with Crippen LogP contribution in [0.4, 0.5) is 0 Å². The van der Waals surface area contributed by atoms with Gasteiger partial charge in [-0.05, 0) is 36.0 Å². The molecule has 1 aliphatic carbocycles. The molecule has 2 N–H and O–H groups in total. The lowest BCUT2D eigenvalue weighted by molar-refractivity contribution is -0.148. The third-order valence-corrected chi connectivity index (χ3v) is 4.40. The van der Waals surface area contributed by atoms with E-state index >= 15 is 0 Å². The molecule has 0 bridgehead atoms. The summed E-state index contributed by atoms with van der Waals surface area (Å²) in [4.78, 5) is 24.8. The number of rotatable bonds is 3. The number of aliphatic carboxylic acids is 1. The Bertz CT molecular complexity index is 584. The summed E-state index contributed by atoms with van der Waals surface area (Å²) >= 11 is 0. The second-order valence-corrected chi connectivity index (χ2v) is 5.92. The lowest BCUT2D eigenvalue weighted by Gasteiger charge is -2.21. The molecule has 1 aliphatic heterocycles. The zero-order valence-corrected chi connectivity index (χ0v) is 11.8. The van der Waals surface area contributed by atoms with Crippen molar-refractivity contribution in [1.82, 2.24) is 4.90 Å². The van der Waals surface area contributed by atoms with E-state index in [1.807, 2.05) is 6.07 Å². The van der Waals surface area contributed by atoms with Crippen LogP contribution in [-0.2, 0) is 28.9 Å². The van der Waals surface area contributed by atoms with Crippen LogP contribution >= 0.6 is 0 Å². The number of carbonyl (C=O) groups is 2. The van der Waals surface area contributed by atoms with Crippen LogP contribution in [0.15, 0.2) is 18.2 Å². The van der Waals surface area contributed by atoms with Gasteiger partial charge in [-0.1, -0.05) is 18.2 Å². The Balaban J connectivity index is 1.72. The standard InChI is InChI=1S/C16H19NO4/c18-13-8-14(16(20)21)17(9-13)15(19)7-10-4-5-11-2-1-3-12(11)6-10/h4-6,13-14,18H,1-3,7-9H2,(H,20,21)/t13?,14-/m0/s1. The van der Waals surface area contributed by atoms with E-state index in [4.69, 9.17) is 5.11 Å². The van der Waals surface area contributed by atoms with Crippen molar-refractivity contribution in [1.29, 1.82) is 0 Å². The highest BCUT2D eigenvalue weighted by Crippen LogP contribution is 2.24. The minimum absolute atomic E-state index is 0.112. The Morgan fingerprint density at radius 2 is 2.00 bits per heavy atom. The van der Waals surface area contributed by atoms with Gasteiger partial charge in [0, 0.05) is 13.0 Å². The molecule has 0 spiro atoms. The number of carboxylic acids is 1. The first-order valence-corrected chi connectivity index (χ1v) is 7.35. The second kappa shape index (κ2) is 5.48. The van der Waals surface area contributed by atoms with E-state index in [-0.39, 0.29) is 25.3 Å². The summed E-state index contributed by atoms with van der Waals surface area (Å²) < 4.78 is 0. The van der Waals surface area contributed by atoms with Crippen molar-refractivity contribution in [3.05, 3.63) is 34.9 Å². The first kappa shape index (κ1) is 14.1. The largest absolute Gasteiger partial charge is 0.480 e. The molecule has 2 aliphatic rings. The van der Waals surface area contributed by atoms with Crippen molar-refractivity contribution < 1.29 is 19.8 Å². The summed E-state index contributed by atoms with van der Waals surface area (Å²) in [5, 5.41) is 18.7. The van der Waals surface area contributed by atoms with Gasteiger partial charge in [0.15, 0.2) is 0 Å². The third-order valence-electron chi connectivity index (χ3n) is 4.40. The number of carboxylic acid groups (broad SMARTS) is 1. The molecule has 1 unspecified atom stereocenters. The van der Waals surface area contributed by atoms with Gasteiger partial charge in [-0.2, -0.15) is 0 Å². The maximum absolute atomic E-state index is 12.3. The summed E-state index contributed by atoms with van der Waals surface area (Å²) in [7, 11) is 0. The number of amides is 1. The Labute approximate surface area is 123 Å². The van der Waals surface area contributed by atoms with Gasteiger partial charge in [0.25, 0.3) is 0 Å². The Hall–Kier alpha value is -1.88. The number of β-amino-alcohol motifs (C(OH)–C–C–N with tert-alkyl or cyclic N) is 1. The van der Waals surface area contributed by atoms with Gasteiger partial charge in [-0.25, -0.2) is 4.79 Å². The van der Waals surface area contributed by atoms with E-state index in [9.17, 15) is 14.7 Å². The molecule has 0 aromatic heterocycles. The van der Waals surface area contributed by atoms with Gasteiger partial charge < -0.3 is 15.1 Å². The fraction of sp³-hybridized carbons (Fsp3) is 0.500. The van der Waals surface area contributed by atoms with E-state index in [1.165, 1.54) is 16.0 Å². The number of carbonyl (C=O) groups excluding carboxylic acids is 1. The van der Waals surface area contributed by atoms with Gasteiger partial charge >= 0.3 is 5.97 Å². The second-order valence-electron chi connectivity index (χ2n) is 5.92. The van der Waals surface area contributed by atoms with Crippen LogP contribution in [0.25, 0.3) is 0 Å². The predicted octanol–water partition coefficient (Wildman–Crippen LogP) is 0.764. The van der Waals surface area contributed by atoms with Gasteiger partial charge in [0.05, 0.1) is 12.5 Å². The number of fused-ring (bicyclic) bond motifs is 1. The molecule has 1 amide bonds. The zero-order chi connectivity index (χ0) is 15.0. The maximum atomic E-state index is 12.3. The molecule has 0 radical (unpaired) electrons. The number of nitrogens with zero attached hydrogens (tertiary/aromatic N) is 1. The van der Waals surface area contributed by atoms with Crippen LogP contribution in [-0.4, -0.2) is 45.7 Å². The molecule has 5 heteroatoms. The normalized spacial score (nSPS) is 24.1. The van der Waals surface area contributed by atoms with Gasteiger partial charge in [-0.3, -0.25) is 4.79 Å². The third kappa shape index (κ3) is 2.78. The number of likely N-dealkylation sites (tertiary alicyclic amines) is 1. The monoisotopic (exact) mass is 289 g/mol. The van der Waals surface area contributed by atoms with Crippen LogP contribution in [0.2, 0.25) is 0 Å². The minimum Gasteiger partial charge on any atom is -0.480 e. The Morgan fingerprint density at radius 1 is 1.24 bits per heavy atom. The predicted molar refractivity (Wildman–Crippen MR) is 75.9 cm³/mol. The fourth-order valence-electron chi connectivity index (χ4n) is 3.33. The highest BCUT2D eigenvalue weighted by atomic mass is 16.4. The molecule has 1 saturated heterocycles. The number of benzene rings is 1. The quantitative estimate of drug-likeness (QED) is 0.861. The molecule has 1 aromatic carbocycles. The molecular weight excluding hydrogens is 270 g/mol. The minimum atomic E-state index is -1.05. The van der Waals surface area contributed by atoms with E-state index < -0.39 is 18.1 Å². The van der Waals surface area contributed by atoms with Crippen LogP contribution < -0.4 is 0 Å². The molecule has 3 rings (SSSR count). The number of aliphatic hydroxyl groups is 1. The van der Waals surface area contributed by atoms with E-state index in [0.717, 1.165) is 24.8 Å². The summed E-state index contributed by atoms with van der Waals surface area (Å²) in [6.45, 7) is 0.112. The molecule has 1 fully saturated rings. The van der Waals surface area contributed by atoms with Crippen molar-refractivity contribution in [2.75, 3.05) is 6.54 Å². The van der Waals surface area contributed by atoms with Crippen molar-refractivity contribution in [2.45, 2.75) is 44.2 Å². The highest BCUT2D eigenvalue weighted by Gasteiger charge is 2.38.